The van der Waals surface area contributed by atoms with Crippen molar-refractivity contribution in [2.45, 2.75) is 5.16 Å². The Balaban J connectivity index is 1.64. The van der Waals surface area contributed by atoms with Gasteiger partial charge in [-0.15, -0.1) is 5.10 Å². The van der Waals surface area contributed by atoms with Crippen LogP contribution in [0.3, 0.4) is 0 Å². The number of nitrogens with one attached hydrogen (secondary N) is 2. The molecule has 0 spiro atoms. The van der Waals surface area contributed by atoms with E-state index in [-0.39, 0.29) is 5.95 Å². The molecule has 0 aliphatic heterocycles. The molecule has 0 atom stereocenters. The molecule has 0 saturated heterocycles. The Morgan fingerprint density at radius 3 is 2.50 bits per heavy atom. The van der Waals surface area contributed by atoms with E-state index in [1.807, 2.05) is 60.9 Å². The number of nitrogen functional groups attached to an aromatic ring is 1. The lowest BCUT2D eigenvalue weighted by molar-refractivity contribution is 0.415. The molecule has 152 valence electrons. The summed E-state index contributed by atoms with van der Waals surface area (Å²) in [7, 11) is 1.61. The fraction of sp³-hybridized carbons (Fsp3) is 0.100. The van der Waals surface area contributed by atoms with Crippen molar-refractivity contribution in [1.29, 1.82) is 0 Å². The number of nitrogens with two attached hydrogens (primary N) is 1. The van der Waals surface area contributed by atoms with Crippen molar-refractivity contribution in [3.8, 4) is 11.6 Å². The molecule has 9 nitrogen and oxygen atoms in total. The zero-order valence-corrected chi connectivity index (χ0v) is 17.2. The SMILES string of the molecule is COc1cccc(Nc2nc(N)n(-c3cc(Nc4ccccc4)nc(SC)n3)n2)c1. The Morgan fingerprint density at radius 2 is 1.73 bits per heavy atom. The largest absolute Gasteiger partial charge is 0.497 e. The van der Waals surface area contributed by atoms with E-state index >= 15 is 0 Å². The molecule has 4 aromatic rings. The first kappa shape index (κ1) is 19.5. The molecule has 30 heavy (non-hydrogen) atoms. The summed E-state index contributed by atoms with van der Waals surface area (Å²) in [6.07, 6.45) is 1.91. The fourth-order valence-electron chi connectivity index (χ4n) is 2.72. The van der Waals surface area contributed by atoms with Crippen LogP contribution in [0.1, 0.15) is 0 Å². The molecule has 0 unspecified atom stereocenters. The Hall–Kier alpha value is -3.79. The molecule has 0 bridgehead atoms. The van der Waals surface area contributed by atoms with Crippen molar-refractivity contribution in [3.05, 3.63) is 60.7 Å². The molecule has 0 aliphatic carbocycles. The molecule has 0 aliphatic rings. The van der Waals surface area contributed by atoms with Crippen LogP contribution in [-0.2, 0) is 0 Å². The smallest absolute Gasteiger partial charge is 0.248 e. The molecule has 0 fully saturated rings. The summed E-state index contributed by atoms with van der Waals surface area (Å²) < 4.78 is 6.71. The molecular weight excluding hydrogens is 400 g/mol. The third-order valence-corrected chi connectivity index (χ3v) is 4.64. The Labute approximate surface area is 177 Å². The summed E-state index contributed by atoms with van der Waals surface area (Å²) in [5, 5.41) is 11.4. The molecule has 10 heteroatoms. The third-order valence-electron chi connectivity index (χ3n) is 4.10. The quantitative estimate of drug-likeness (QED) is 0.303. The number of benzene rings is 2. The highest BCUT2D eigenvalue weighted by atomic mass is 32.2. The van der Waals surface area contributed by atoms with Gasteiger partial charge in [-0.1, -0.05) is 36.0 Å². The van der Waals surface area contributed by atoms with Crippen molar-refractivity contribution in [2.75, 3.05) is 29.7 Å². The van der Waals surface area contributed by atoms with Crippen molar-refractivity contribution in [2.24, 2.45) is 0 Å². The average molecular weight is 421 g/mol. The monoisotopic (exact) mass is 420 g/mol. The van der Waals surface area contributed by atoms with Crippen LogP contribution in [0, 0.1) is 0 Å². The fourth-order valence-corrected chi connectivity index (χ4v) is 3.10. The Bertz CT molecular complexity index is 1150. The molecule has 0 radical (unpaired) electrons. The van der Waals surface area contributed by atoms with Gasteiger partial charge in [0.25, 0.3) is 0 Å². The lowest BCUT2D eigenvalue weighted by Gasteiger charge is -2.09. The minimum Gasteiger partial charge on any atom is -0.497 e. The summed E-state index contributed by atoms with van der Waals surface area (Å²) in [6.45, 7) is 0. The number of hydrogen-bond acceptors (Lipinski definition) is 9. The zero-order chi connectivity index (χ0) is 20.9. The van der Waals surface area contributed by atoms with Crippen LogP contribution in [-0.4, -0.2) is 38.1 Å². The zero-order valence-electron chi connectivity index (χ0n) is 16.4. The number of hydrogen-bond donors (Lipinski definition) is 3. The summed E-state index contributed by atoms with van der Waals surface area (Å²) in [4.78, 5) is 13.3. The number of para-hydroxylation sites is 1. The van der Waals surface area contributed by atoms with Crippen LogP contribution >= 0.6 is 11.8 Å². The first-order valence-electron chi connectivity index (χ1n) is 9.04. The second-order valence-electron chi connectivity index (χ2n) is 6.15. The minimum absolute atomic E-state index is 0.205. The highest BCUT2D eigenvalue weighted by Gasteiger charge is 2.13. The highest BCUT2D eigenvalue weighted by molar-refractivity contribution is 7.98. The predicted octanol–water partition coefficient (Wildman–Crippen LogP) is 3.86. The standard InChI is InChI=1S/C20H20N8OS/c1-29-15-10-6-9-14(11-15)23-19-26-18(21)28(27-19)17-12-16(24-20(25-17)30-2)22-13-7-4-3-5-8-13/h3-12H,1-2H3,(H,22,24,25)(H3,21,23,26,27). The number of thioether (sulfide) groups is 1. The maximum absolute atomic E-state index is 6.11. The summed E-state index contributed by atoms with van der Waals surface area (Å²) >= 11 is 1.43. The van der Waals surface area contributed by atoms with Gasteiger partial charge in [0.15, 0.2) is 11.0 Å². The van der Waals surface area contributed by atoms with E-state index in [0.717, 1.165) is 17.1 Å². The second-order valence-corrected chi connectivity index (χ2v) is 6.92. The van der Waals surface area contributed by atoms with Crippen LogP contribution in [0.4, 0.5) is 29.1 Å². The van der Waals surface area contributed by atoms with Gasteiger partial charge in [0.1, 0.15) is 11.6 Å². The van der Waals surface area contributed by atoms with E-state index < -0.39 is 0 Å². The topological polar surface area (TPSA) is 116 Å². The van der Waals surface area contributed by atoms with Gasteiger partial charge in [-0.2, -0.15) is 9.67 Å². The van der Waals surface area contributed by atoms with Crippen LogP contribution in [0.15, 0.2) is 65.8 Å². The van der Waals surface area contributed by atoms with Crippen molar-refractivity contribution in [1.82, 2.24) is 24.7 Å². The van der Waals surface area contributed by atoms with E-state index in [1.165, 1.54) is 16.4 Å². The Kier molecular flexibility index (Phi) is 5.66. The number of nitrogens with zero attached hydrogens (tertiary/aromatic N) is 5. The average Bonchev–Trinajstić information content (AvgIpc) is 3.14. The lowest BCUT2D eigenvalue weighted by atomic mass is 10.3. The van der Waals surface area contributed by atoms with Gasteiger partial charge in [0.2, 0.25) is 11.9 Å². The second kappa shape index (κ2) is 8.70. The van der Waals surface area contributed by atoms with Crippen LogP contribution in [0.5, 0.6) is 5.75 Å². The molecular formula is C20H20N8OS. The minimum atomic E-state index is 0.205. The van der Waals surface area contributed by atoms with Gasteiger partial charge < -0.3 is 21.1 Å². The molecule has 0 saturated carbocycles. The maximum atomic E-state index is 6.11. The third kappa shape index (κ3) is 4.44. The van der Waals surface area contributed by atoms with Gasteiger partial charge in [-0.3, -0.25) is 0 Å². The van der Waals surface area contributed by atoms with Gasteiger partial charge in [-0.05, 0) is 30.5 Å². The van der Waals surface area contributed by atoms with Crippen molar-refractivity contribution < 1.29 is 4.74 Å². The van der Waals surface area contributed by atoms with Crippen molar-refractivity contribution >= 4 is 40.9 Å². The van der Waals surface area contributed by atoms with E-state index in [9.17, 15) is 0 Å². The van der Waals surface area contributed by atoms with E-state index in [4.69, 9.17) is 10.5 Å². The number of rotatable bonds is 7. The van der Waals surface area contributed by atoms with E-state index in [1.54, 1.807) is 13.2 Å². The number of aromatic nitrogens is 5. The van der Waals surface area contributed by atoms with Gasteiger partial charge >= 0.3 is 0 Å². The summed E-state index contributed by atoms with van der Waals surface area (Å²) in [5.41, 5.74) is 7.81. The molecule has 2 heterocycles. The van der Waals surface area contributed by atoms with Crippen LogP contribution in [0.2, 0.25) is 0 Å². The normalized spacial score (nSPS) is 10.6. The van der Waals surface area contributed by atoms with E-state index in [0.29, 0.717) is 22.7 Å². The number of anilines is 5. The van der Waals surface area contributed by atoms with E-state index in [2.05, 4.69) is 30.7 Å². The first-order valence-corrected chi connectivity index (χ1v) is 10.3. The predicted molar refractivity (Wildman–Crippen MR) is 119 cm³/mol. The lowest BCUT2D eigenvalue weighted by Crippen LogP contribution is -2.07. The molecule has 0 amide bonds. The molecule has 2 aromatic carbocycles. The molecule has 4 rings (SSSR count). The van der Waals surface area contributed by atoms with Gasteiger partial charge in [0, 0.05) is 23.5 Å². The molecule has 4 N–H and O–H groups in total. The van der Waals surface area contributed by atoms with Crippen LogP contribution < -0.4 is 21.1 Å². The summed E-state index contributed by atoms with van der Waals surface area (Å²) in [6, 6.07) is 19.0. The number of methoxy groups -OCH3 is 1. The van der Waals surface area contributed by atoms with Gasteiger partial charge in [-0.25, -0.2) is 9.97 Å². The highest BCUT2D eigenvalue weighted by Crippen LogP contribution is 2.24. The number of ether oxygens (including phenoxy) is 1. The Morgan fingerprint density at radius 1 is 0.933 bits per heavy atom. The molecule has 2 aromatic heterocycles. The van der Waals surface area contributed by atoms with Crippen molar-refractivity contribution in [3.63, 3.8) is 0 Å². The van der Waals surface area contributed by atoms with Gasteiger partial charge in [0.05, 0.1) is 7.11 Å². The first-order chi connectivity index (χ1) is 14.6. The summed E-state index contributed by atoms with van der Waals surface area (Å²) in [5.74, 6) is 2.42. The van der Waals surface area contributed by atoms with Crippen LogP contribution in [0.25, 0.3) is 5.82 Å². The maximum Gasteiger partial charge on any atom is 0.248 e.